The smallest absolute Gasteiger partial charge is 0.262 e. The minimum Gasteiger partial charge on any atom is -0.497 e. The predicted molar refractivity (Wildman–Crippen MR) is 123 cm³/mol. The second-order valence-corrected chi connectivity index (χ2v) is 8.05. The molecule has 2 aromatic carbocycles. The van der Waals surface area contributed by atoms with E-state index in [9.17, 15) is 10.1 Å². The Kier molecular flexibility index (Phi) is 8.15. The van der Waals surface area contributed by atoms with Crippen LogP contribution in [0.1, 0.15) is 43.7 Å². The molecule has 1 saturated carbocycles. The molecule has 1 N–H and O–H groups in total. The Bertz CT molecular complexity index is 992. The van der Waals surface area contributed by atoms with E-state index >= 15 is 0 Å². The molecule has 1 aliphatic rings. The Morgan fingerprint density at radius 2 is 1.81 bits per heavy atom. The number of amides is 1. The van der Waals surface area contributed by atoms with E-state index in [1.807, 2.05) is 48.5 Å². The van der Waals surface area contributed by atoms with Crippen molar-refractivity contribution < 1.29 is 19.0 Å². The maximum atomic E-state index is 12.6. The molecule has 1 fully saturated rings. The van der Waals surface area contributed by atoms with Gasteiger partial charge in [0.25, 0.3) is 5.91 Å². The van der Waals surface area contributed by atoms with E-state index in [1.165, 1.54) is 6.42 Å². The molecule has 168 valence electrons. The number of methoxy groups -OCH3 is 2. The predicted octanol–water partition coefficient (Wildman–Crippen LogP) is 4.88. The van der Waals surface area contributed by atoms with E-state index in [2.05, 4.69) is 12.2 Å². The summed E-state index contributed by atoms with van der Waals surface area (Å²) in [6.07, 6.45) is 6.00. The summed E-state index contributed by atoms with van der Waals surface area (Å²) in [7, 11) is 3.23. The molecule has 2 atom stereocenters. The molecule has 0 bridgehead atoms. The van der Waals surface area contributed by atoms with Gasteiger partial charge < -0.3 is 19.5 Å². The molecule has 6 heteroatoms. The molecular formula is C26H30N2O4. The Morgan fingerprint density at radius 3 is 2.47 bits per heavy atom. The molecule has 6 nitrogen and oxygen atoms in total. The van der Waals surface area contributed by atoms with Crippen LogP contribution in [0.2, 0.25) is 0 Å². The highest BCUT2D eigenvalue weighted by atomic mass is 16.5. The van der Waals surface area contributed by atoms with Gasteiger partial charge in [0.05, 0.1) is 14.2 Å². The average molecular weight is 435 g/mol. The van der Waals surface area contributed by atoms with Crippen molar-refractivity contribution in [3.63, 3.8) is 0 Å². The first-order valence-electron chi connectivity index (χ1n) is 10.9. The van der Waals surface area contributed by atoms with E-state index in [-0.39, 0.29) is 17.5 Å². The summed E-state index contributed by atoms with van der Waals surface area (Å²) >= 11 is 0. The molecule has 2 aromatic rings. The van der Waals surface area contributed by atoms with Gasteiger partial charge in [-0.05, 0) is 60.7 Å². The van der Waals surface area contributed by atoms with E-state index in [0.717, 1.165) is 41.9 Å². The summed E-state index contributed by atoms with van der Waals surface area (Å²) < 4.78 is 16.5. The first-order chi connectivity index (χ1) is 15.5. The third-order valence-electron chi connectivity index (χ3n) is 5.87. The number of ether oxygens (including phenoxy) is 3. The lowest BCUT2D eigenvalue weighted by Gasteiger charge is -2.29. The van der Waals surface area contributed by atoms with Crippen LogP contribution in [0.4, 0.5) is 0 Å². The number of carbonyl (C=O) groups is 1. The van der Waals surface area contributed by atoms with Gasteiger partial charge in [-0.1, -0.05) is 31.9 Å². The van der Waals surface area contributed by atoms with Crippen LogP contribution in [0.3, 0.4) is 0 Å². The zero-order valence-corrected chi connectivity index (χ0v) is 18.9. The molecule has 32 heavy (non-hydrogen) atoms. The molecule has 0 heterocycles. The zero-order valence-electron chi connectivity index (χ0n) is 18.9. The van der Waals surface area contributed by atoms with Crippen LogP contribution in [-0.2, 0) is 11.4 Å². The Labute approximate surface area is 189 Å². The van der Waals surface area contributed by atoms with Gasteiger partial charge in [-0.2, -0.15) is 5.26 Å². The number of nitrogens with one attached hydrogen (secondary N) is 1. The highest BCUT2D eigenvalue weighted by Gasteiger charge is 2.24. The van der Waals surface area contributed by atoms with E-state index in [0.29, 0.717) is 18.3 Å². The minimum atomic E-state index is -0.309. The van der Waals surface area contributed by atoms with Crippen LogP contribution in [0.5, 0.6) is 17.2 Å². The van der Waals surface area contributed by atoms with E-state index < -0.39 is 0 Å². The first-order valence-corrected chi connectivity index (χ1v) is 10.9. The number of hydrogen-bond donors (Lipinski definition) is 1. The summed E-state index contributed by atoms with van der Waals surface area (Å²) in [6, 6.07) is 15.0. The fraction of sp³-hybridized carbons (Fsp3) is 0.385. The monoisotopic (exact) mass is 434 g/mol. The number of nitrogens with zero attached hydrogens (tertiary/aromatic N) is 1. The van der Waals surface area contributed by atoms with Gasteiger partial charge >= 0.3 is 0 Å². The van der Waals surface area contributed by atoms with Crippen molar-refractivity contribution in [2.45, 2.75) is 45.3 Å². The number of hydrogen-bond acceptors (Lipinski definition) is 5. The van der Waals surface area contributed by atoms with Crippen LogP contribution in [0.15, 0.2) is 48.0 Å². The lowest BCUT2D eigenvalue weighted by molar-refractivity contribution is -0.118. The number of rotatable bonds is 8. The standard InChI is InChI=1S/C26H30N2O4/c1-18-6-4-5-7-24(18)28-26(29)20(16-27)14-19-8-10-22(11-9-19)32-17-21-15-23(30-2)12-13-25(21)31-3/h8-15,18,24H,4-7,17H2,1-3H3,(H,28,29)/b20-14+/t18-,24+/m0/s1. The molecule has 3 rings (SSSR count). The Morgan fingerprint density at radius 1 is 1.09 bits per heavy atom. The van der Waals surface area contributed by atoms with Crippen LogP contribution in [0.25, 0.3) is 6.08 Å². The lowest BCUT2D eigenvalue weighted by atomic mass is 9.86. The van der Waals surface area contributed by atoms with Crippen LogP contribution >= 0.6 is 0 Å². The molecule has 0 unspecified atom stereocenters. The van der Waals surface area contributed by atoms with E-state index in [1.54, 1.807) is 20.3 Å². The third-order valence-corrected chi connectivity index (χ3v) is 5.87. The minimum absolute atomic E-state index is 0.109. The number of carbonyl (C=O) groups excluding carboxylic acids is 1. The first kappa shape index (κ1) is 23.2. The van der Waals surface area contributed by atoms with E-state index in [4.69, 9.17) is 14.2 Å². The number of nitriles is 1. The van der Waals surface area contributed by atoms with Crippen molar-refractivity contribution >= 4 is 12.0 Å². The van der Waals surface area contributed by atoms with Crippen LogP contribution < -0.4 is 19.5 Å². The second kappa shape index (κ2) is 11.2. The van der Waals surface area contributed by atoms with Crippen molar-refractivity contribution in [1.29, 1.82) is 5.26 Å². The fourth-order valence-electron chi connectivity index (χ4n) is 3.91. The van der Waals surface area contributed by atoms with Gasteiger partial charge in [-0.15, -0.1) is 0 Å². The summed E-state index contributed by atoms with van der Waals surface area (Å²) in [5, 5.41) is 12.5. The van der Waals surface area contributed by atoms with Gasteiger partial charge in [0, 0.05) is 11.6 Å². The molecular weight excluding hydrogens is 404 g/mol. The lowest BCUT2D eigenvalue weighted by Crippen LogP contribution is -2.41. The van der Waals surface area contributed by atoms with Gasteiger partial charge in [0.1, 0.15) is 35.5 Å². The molecule has 0 radical (unpaired) electrons. The van der Waals surface area contributed by atoms with Gasteiger partial charge in [0.2, 0.25) is 0 Å². The van der Waals surface area contributed by atoms with Gasteiger partial charge in [0.15, 0.2) is 0 Å². The van der Waals surface area contributed by atoms with Crippen LogP contribution in [0, 0.1) is 17.2 Å². The third kappa shape index (κ3) is 6.04. The molecule has 1 aliphatic carbocycles. The molecule has 0 aromatic heterocycles. The topological polar surface area (TPSA) is 80.6 Å². The summed E-state index contributed by atoms with van der Waals surface area (Å²) in [4.78, 5) is 12.6. The maximum Gasteiger partial charge on any atom is 0.262 e. The summed E-state index contributed by atoms with van der Waals surface area (Å²) in [5.74, 6) is 2.26. The molecule has 0 saturated heterocycles. The van der Waals surface area contributed by atoms with Crippen LogP contribution in [-0.4, -0.2) is 26.2 Å². The second-order valence-electron chi connectivity index (χ2n) is 8.05. The summed E-state index contributed by atoms with van der Waals surface area (Å²) in [6.45, 7) is 2.47. The Hall–Kier alpha value is -3.46. The average Bonchev–Trinajstić information content (AvgIpc) is 2.83. The van der Waals surface area contributed by atoms with Gasteiger partial charge in [-0.3, -0.25) is 4.79 Å². The highest BCUT2D eigenvalue weighted by Crippen LogP contribution is 2.26. The summed E-state index contributed by atoms with van der Waals surface area (Å²) in [5.41, 5.74) is 1.74. The highest BCUT2D eigenvalue weighted by molar-refractivity contribution is 6.01. The van der Waals surface area contributed by atoms with Crippen molar-refractivity contribution in [2.24, 2.45) is 5.92 Å². The molecule has 0 aliphatic heterocycles. The molecule has 0 spiro atoms. The van der Waals surface area contributed by atoms with Crippen molar-refractivity contribution in [3.8, 4) is 23.3 Å². The van der Waals surface area contributed by atoms with Crippen molar-refractivity contribution in [3.05, 3.63) is 59.2 Å². The quantitative estimate of drug-likeness (QED) is 0.473. The largest absolute Gasteiger partial charge is 0.497 e. The van der Waals surface area contributed by atoms with Crippen molar-refractivity contribution in [2.75, 3.05) is 14.2 Å². The molecule has 1 amide bonds. The zero-order chi connectivity index (χ0) is 22.9. The maximum absolute atomic E-state index is 12.6. The normalized spacial score (nSPS) is 18.4. The SMILES string of the molecule is COc1ccc(OC)c(COc2ccc(/C=C(\C#N)C(=O)N[C@@H]3CCCC[C@@H]3C)cc2)c1. The fourth-order valence-corrected chi connectivity index (χ4v) is 3.91. The van der Waals surface area contributed by atoms with Gasteiger partial charge in [-0.25, -0.2) is 0 Å². The van der Waals surface area contributed by atoms with Crippen molar-refractivity contribution in [1.82, 2.24) is 5.32 Å². The number of benzene rings is 2. The Balaban J connectivity index is 1.63.